The Morgan fingerprint density at radius 3 is 2.69 bits per heavy atom. The number of hydrogen-bond acceptors (Lipinski definition) is 3. The van der Waals surface area contributed by atoms with Crippen molar-refractivity contribution in [1.82, 2.24) is 5.32 Å². The number of aliphatic hydroxyl groups is 1. The molecule has 0 aliphatic carbocycles. The van der Waals surface area contributed by atoms with Crippen LogP contribution >= 0.6 is 0 Å². The Bertz CT molecular complexity index is 240. The molecule has 1 aliphatic rings. The first-order valence-corrected chi connectivity index (χ1v) is 5.98. The van der Waals surface area contributed by atoms with Gasteiger partial charge in [-0.15, -0.1) is 0 Å². The molecule has 2 atom stereocenters. The highest BCUT2D eigenvalue weighted by Crippen LogP contribution is 2.21. The standard InChI is InChI=1S/C12H23NO3/c1-9-4-5-10(16-9)11(15)13-8-12(2,3)6-7-14/h9-10,14H,4-8H2,1-3H3,(H,13,15). The van der Waals surface area contributed by atoms with Gasteiger partial charge in [0.2, 0.25) is 5.91 Å². The minimum atomic E-state index is -0.278. The van der Waals surface area contributed by atoms with Crippen molar-refractivity contribution in [3.8, 4) is 0 Å². The van der Waals surface area contributed by atoms with Gasteiger partial charge in [0.15, 0.2) is 0 Å². The summed E-state index contributed by atoms with van der Waals surface area (Å²) >= 11 is 0. The molecule has 1 rings (SSSR count). The third kappa shape index (κ3) is 4.10. The lowest BCUT2D eigenvalue weighted by molar-refractivity contribution is -0.132. The van der Waals surface area contributed by atoms with Crippen LogP contribution in [-0.2, 0) is 9.53 Å². The predicted octanol–water partition coefficient (Wildman–Crippen LogP) is 1.08. The zero-order chi connectivity index (χ0) is 12.2. The van der Waals surface area contributed by atoms with E-state index in [1.807, 2.05) is 20.8 Å². The van der Waals surface area contributed by atoms with E-state index in [1.165, 1.54) is 0 Å². The summed E-state index contributed by atoms with van der Waals surface area (Å²) in [5.41, 5.74) is -0.0609. The maximum Gasteiger partial charge on any atom is 0.249 e. The van der Waals surface area contributed by atoms with Crippen molar-refractivity contribution in [2.75, 3.05) is 13.2 Å². The minimum Gasteiger partial charge on any atom is -0.396 e. The van der Waals surface area contributed by atoms with Gasteiger partial charge in [-0.3, -0.25) is 4.79 Å². The first kappa shape index (κ1) is 13.5. The summed E-state index contributed by atoms with van der Waals surface area (Å²) < 4.78 is 5.49. The van der Waals surface area contributed by atoms with Crippen LogP contribution in [0.5, 0.6) is 0 Å². The molecule has 0 aromatic rings. The van der Waals surface area contributed by atoms with Crippen LogP contribution in [0.3, 0.4) is 0 Å². The van der Waals surface area contributed by atoms with E-state index in [9.17, 15) is 4.79 Å². The number of nitrogens with one attached hydrogen (secondary N) is 1. The second-order valence-corrected chi connectivity index (χ2v) is 5.37. The Kier molecular flexibility index (Phi) is 4.74. The van der Waals surface area contributed by atoms with Crippen LogP contribution in [-0.4, -0.2) is 36.4 Å². The molecule has 1 aliphatic heterocycles. The summed E-state index contributed by atoms with van der Waals surface area (Å²) in [6, 6.07) is 0. The second-order valence-electron chi connectivity index (χ2n) is 5.37. The molecular weight excluding hydrogens is 206 g/mol. The number of hydrogen-bond donors (Lipinski definition) is 2. The third-order valence-corrected chi connectivity index (χ3v) is 3.05. The number of carbonyl (C=O) groups excluding carboxylic acids is 1. The van der Waals surface area contributed by atoms with Gasteiger partial charge < -0.3 is 15.2 Å². The Labute approximate surface area is 97.4 Å². The lowest BCUT2D eigenvalue weighted by atomic mass is 9.89. The van der Waals surface area contributed by atoms with Gasteiger partial charge in [0, 0.05) is 13.2 Å². The SMILES string of the molecule is CC1CCC(C(=O)NCC(C)(C)CCO)O1. The van der Waals surface area contributed by atoms with Crippen molar-refractivity contribution in [1.29, 1.82) is 0 Å². The molecule has 4 nitrogen and oxygen atoms in total. The highest BCUT2D eigenvalue weighted by molar-refractivity contribution is 5.81. The molecule has 0 aromatic heterocycles. The van der Waals surface area contributed by atoms with Gasteiger partial charge in [-0.2, -0.15) is 0 Å². The normalized spacial score (nSPS) is 25.8. The maximum atomic E-state index is 11.7. The van der Waals surface area contributed by atoms with Gasteiger partial charge in [0.1, 0.15) is 6.10 Å². The molecule has 0 bridgehead atoms. The van der Waals surface area contributed by atoms with Crippen molar-refractivity contribution in [3.05, 3.63) is 0 Å². The van der Waals surface area contributed by atoms with Crippen molar-refractivity contribution in [2.45, 2.75) is 52.2 Å². The highest BCUT2D eigenvalue weighted by atomic mass is 16.5. The molecule has 1 saturated heterocycles. The quantitative estimate of drug-likeness (QED) is 0.741. The molecule has 2 N–H and O–H groups in total. The van der Waals surface area contributed by atoms with E-state index < -0.39 is 0 Å². The number of amides is 1. The van der Waals surface area contributed by atoms with Crippen LogP contribution in [0, 0.1) is 5.41 Å². The summed E-state index contributed by atoms with van der Waals surface area (Å²) in [6.07, 6.45) is 2.38. The topological polar surface area (TPSA) is 58.6 Å². The number of ether oxygens (including phenoxy) is 1. The highest BCUT2D eigenvalue weighted by Gasteiger charge is 2.29. The Hall–Kier alpha value is -0.610. The van der Waals surface area contributed by atoms with E-state index >= 15 is 0 Å². The van der Waals surface area contributed by atoms with Gasteiger partial charge in [-0.25, -0.2) is 0 Å². The van der Waals surface area contributed by atoms with E-state index in [0.29, 0.717) is 13.0 Å². The average Bonchev–Trinajstić information content (AvgIpc) is 2.61. The molecule has 0 saturated carbocycles. The zero-order valence-corrected chi connectivity index (χ0v) is 10.5. The van der Waals surface area contributed by atoms with Gasteiger partial charge >= 0.3 is 0 Å². The Morgan fingerprint density at radius 1 is 1.50 bits per heavy atom. The number of aliphatic hydroxyl groups excluding tert-OH is 1. The molecule has 1 fully saturated rings. The number of carbonyl (C=O) groups is 1. The minimum absolute atomic E-state index is 0.0182. The van der Waals surface area contributed by atoms with Gasteiger partial charge in [0.25, 0.3) is 0 Å². The van der Waals surface area contributed by atoms with Gasteiger partial charge in [-0.05, 0) is 31.6 Å². The van der Waals surface area contributed by atoms with Crippen LogP contribution in [0.2, 0.25) is 0 Å². The zero-order valence-electron chi connectivity index (χ0n) is 10.5. The van der Waals surface area contributed by atoms with Gasteiger partial charge in [0.05, 0.1) is 6.10 Å². The first-order chi connectivity index (χ1) is 7.44. The summed E-state index contributed by atoms with van der Waals surface area (Å²) in [7, 11) is 0. The van der Waals surface area contributed by atoms with Crippen LogP contribution < -0.4 is 5.32 Å². The fraction of sp³-hybridized carbons (Fsp3) is 0.917. The molecule has 0 spiro atoms. The molecule has 4 heteroatoms. The molecule has 94 valence electrons. The summed E-state index contributed by atoms with van der Waals surface area (Å²) in [5, 5.41) is 11.8. The molecule has 2 unspecified atom stereocenters. The average molecular weight is 229 g/mol. The molecule has 0 aromatic carbocycles. The molecule has 1 heterocycles. The van der Waals surface area contributed by atoms with Crippen LogP contribution in [0.15, 0.2) is 0 Å². The smallest absolute Gasteiger partial charge is 0.249 e. The second kappa shape index (κ2) is 5.64. The summed E-state index contributed by atoms with van der Waals surface area (Å²) in [6.45, 7) is 6.78. The molecule has 1 amide bonds. The maximum absolute atomic E-state index is 11.7. The lowest BCUT2D eigenvalue weighted by Gasteiger charge is -2.24. The lowest BCUT2D eigenvalue weighted by Crippen LogP contribution is -2.40. The number of rotatable bonds is 5. The van der Waals surface area contributed by atoms with Crippen LogP contribution in [0.25, 0.3) is 0 Å². The van der Waals surface area contributed by atoms with Crippen molar-refractivity contribution in [3.63, 3.8) is 0 Å². The fourth-order valence-electron chi connectivity index (χ4n) is 1.83. The van der Waals surface area contributed by atoms with E-state index in [-0.39, 0.29) is 30.1 Å². The monoisotopic (exact) mass is 229 g/mol. The van der Waals surface area contributed by atoms with E-state index in [0.717, 1.165) is 12.8 Å². The molecule has 16 heavy (non-hydrogen) atoms. The van der Waals surface area contributed by atoms with Crippen molar-refractivity contribution >= 4 is 5.91 Å². The fourth-order valence-corrected chi connectivity index (χ4v) is 1.83. The van der Waals surface area contributed by atoms with E-state index in [1.54, 1.807) is 0 Å². The van der Waals surface area contributed by atoms with E-state index in [2.05, 4.69) is 5.32 Å². The first-order valence-electron chi connectivity index (χ1n) is 5.98. The van der Waals surface area contributed by atoms with Crippen LogP contribution in [0.1, 0.15) is 40.0 Å². The summed E-state index contributed by atoms with van der Waals surface area (Å²) in [4.78, 5) is 11.7. The predicted molar refractivity (Wildman–Crippen MR) is 62.1 cm³/mol. The third-order valence-electron chi connectivity index (χ3n) is 3.05. The molecular formula is C12H23NO3. The Morgan fingerprint density at radius 2 is 2.19 bits per heavy atom. The molecule has 0 radical (unpaired) electrons. The van der Waals surface area contributed by atoms with Gasteiger partial charge in [-0.1, -0.05) is 13.8 Å². The van der Waals surface area contributed by atoms with Crippen LogP contribution in [0.4, 0.5) is 0 Å². The largest absolute Gasteiger partial charge is 0.396 e. The van der Waals surface area contributed by atoms with Crippen molar-refractivity contribution < 1.29 is 14.6 Å². The Balaban J connectivity index is 2.29. The summed E-state index contributed by atoms with van der Waals surface area (Å²) in [5.74, 6) is -0.0182. The van der Waals surface area contributed by atoms with Crippen molar-refractivity contribution in [2.24, 2.45) is 5.41 Å². The van der Waals surface area contributed by atoms with E-state index in [4.69, 9.17) is 9.84 Å².